The summed E-state index contributed by atoms with van der Waals surface area (Å²) >= 11 is 0. The van der Waals surface area contributed by atoms with Gasteiger partial charge in [-0.1, -0.05) is 248 Å². The number of hydrogen-bond donors (Lipinski definition) is 2. The first kappa shape index (κ1) is 68.7. The molecule has 0 saturated heterocycles. The van der Waals surface area contributed by atoms with Crippen LogP contribution in [0.5, 0.6) is 0 Å². The highest BCUT2D eigenvalue weighted by Crippen LogP contribution is 2.43. The third-order valence-electron chi connectivity index (χ3n) is 12.9. The van der Waals surface area contributed by atoms with Crippen LogP contribution in [0.2, 0.25) is 0 Å². The molecule has 0 aliphatic rings. The largest absolute Gasteiger partial charge is 0.472 e. The fourth-order valence-corrected chi connectivity index (χ4v) is 9.20. The molecule has 0 radical (unpaired) electrons. The van der Waals surface area contributed by atoms with Crippen LogP contribution >= 0.6 is 7.82 Å². The molecule has 10 heteroatoms. The number of nitrogens with two attached hydrogens (primary N) is 1. The number of allylic oxidation sites excluding steroid dienone is 10. The van der Waals surface area contributed by atoms with E-state index in [1.54, 1.807) is 0 Å². The van der Waals surface area contributed by atoms with Gasteiger partial charge in [0.1, 0.15) is 6.61 Å². The van der Waals surface area contributed by atoms with Crippen molar-refractivity contribution >= 4 is 19.8 Å². The van der Waals surface area contributed by atoms with Crippen LogP contribution in [0.15, 0.2) is 60.8 Å². The van der Waals surface area contributed by atoms with Crippen molar-refractivity contribution in [3.63, 3.8) is 0 Å². The summed E-state index contributed by atoms with van der Waals surface area (Å²) in [6.45, 7) is 3.72. The van der Waals surface area contributed by atoms with E-state index >= 15 is 0 Å². The quantitative estimate of drug-likeness (QED) is 0.0264. The van der Waals surface area contributed by atoms with Crippen LogP contribution in [0.25, 0.3) is 0 Å². The molecule has 0 aromatic rings. The molecule has 0 rings (SSSR count). The Kier molecular flexibility index (Phi) is 55.2. The fraction of sp³-hybridized carbons (Fsp3) is 0.803. The van der Waals surface area contributed by atoms with Gasteiger partial charge in [0.05, 0.1) is 13.2 Å². The zero-order valence-corrected chi connectivity index (χ0v) is 47.1. The summed E-state index contributed by atoms with van der Waals surface area (Å²) in [6, 6.07) is 0. The molecule has 0 fully saturated rings. The van der Waals surface area contributed by atoms with Crippen molar-refractivity contribution in [2.45, 2.75) is 290 Å². The minimum atomic E-state index is -4.39. The van der Waals surface area contributed by atoms with E-state index in [0.717, 1.165) is 70.6 Å². The summed E-state index contributed by atoms with van der Waals surface area (Å²) in [4.78, 5) is 35.2. The van der Waals surface area contributed by atoms with Gasteiger partial charge in [0.15, 0.2) is 6.10 Å². The molecule has 0 heterocycles. The molecule has 414 valence electrons. The molecule has 0 amide bonds. The van der Waals surface area contributed by atoms with Gasteiger partial charge in [-0.15, -0.1) is 0 Å². The van der Waals surface area contributed by atoms with Gasteiger partial charge < -0.3 is 20.1 Å². The number of unbranched alkanes of at least 4 members (excludes halogenated alkanes) is 33. The second-order valence-electron chi connectivity index (χ2n) is 19.9. The smallest absolute Gasteiger partial charge is 0.462 e. The van der Waals surface area contributed by atoms with Crippen LogP contribution in [-0.2, 0) is 32.7 Å². The number of phosphoric ester groups is 1. The van der Waals surface area contributed by atoms with Gasteiger partial charge in [0.2, 0.25) is 0 Å². The van der Waals surface area contributed by atoms with E-state index < -0.39 is 26.5 Å². The predicted octanol–water partition coefficient (Wildman–Crippen LogP) is 18.7. The van der Waals surface area contributed by atoms with Crippen molar-refractivity contribution < 1.29 is 37.6 Å². The molecular weight excluding hydrogens is 906 g/mol. The number of hydrogen-bond acceptors (Lipinski definition) is 8. The van der Waals surface area contributed by atoms with E-state index in [9.17, 15) is 19.0 Å². The minimum Gasteiger partial charge on any atom is -0.462 e. The van der Waals surface area contributed by atoms with Crippen LogP contribution in [0, 0.1) is 0 Å². The van der Waals surface area contributed by atoms with E-state index in [2.05, 4.69) is 74.6 Å². The van der Waals surface area contributed by atoms with Crippen LogP contribution in [0.1, 0.15) is 284 Å². The summed E-state index contributed by atoms with van der Waals surface area (Å²) in [6.07, 6.45) is 71.4. The van der Waals surface area contributed by atoms with Gasteiger partial charge in [0, 0.05) is 19.4 Å². The highest BCUT2D eigenvalue weighted by molar-refractivity contribution is 7.47. The Morgan fingerprint density at radius 1 is 0.423 bits per heavy atom. The summed E-state index contributed by atoms with van der Waals surface area (Å²) in [5, 5.41) is 0. The summed E-state index contributed by atoms with van der Waals surface area (Å²) in [5.41, 5.74) is 5.38. The average Bonchev–Trinajstić information content (AvgIpc) is 3.36. The van der Waals surface area contributed by atoms with Gasteiger partial charge in [0.25, 0.3) is 0 Å². The van der Waals surface area contributed by atoms with Gasteiger partial charge in [-0.3, -0.25) is 18.6 Å². The van der Waals surface area contributed by atoms with Crippen LogP contribution in [-0.4, -0.2) is 49.3 Å². The van der Waals surface area contributed by atoms with E-state index in [-0.39, 0.29) is 38.6 Å². The van der Waals surface area contributed by atoms with Crippen LogP contribution < -0.4 is 5.73 Å². The first-order valence-corrected chi connectivity index (χ1v) is 31.3. The molecule has 0 aliphatic heterocycles. The molecule has 3 N–H and O–H groups in total. The Bertz CT molecular complexity index is 1350. The van der Waals surface area contributed by atoms with Crippen molar-refractivity contribution in [2.75, 3.05) is 26.4 Å². The number of ether oxygens (including phenoxy) is 2. The zero-order valence-electron chi connectivity index (χ0n) is 46.2. The maximum Gasteiger partial charge on any atom is 0.472 e. The number of rotatable bonds is 56. The molecule has 2 atom stereocenters. The maximum atomic E-state index is 12.7. The van der Waals surface area contributed by atoms with Crippen LogP contribution in [0.4, 0.5) is 0 Å². The molecule has 71 heavy (non-hydrogen) atoms. The third-order valence-corrected chi connectivity index (χ3v) is 13.9. The molecular formula is C61H112NO8P. The van der Waals surface area contributed by atoms with Gasteiger partial charge in [-0.2, -0.15) is 0 Å². The Morgan fingerprint density at radius 2 is 0.732 bits per heavy atom. The Labute approximate surface area is 438 Å². The number of esters is 2. The Balaban J connectivity index is 3.89. The van der Waals surface area contributed by atoms with Crippen molar-refractivity contribution in [1.82, 2.24) is 0 Å². The van der Waals surface area contributed by atoms with Gasteiger partial charge in [-0.05, 0) is 83.5 Å². The molecule has 9 nitrogen and oxygen atoms in total. The van der Waals surface area contributed by atoms with Crippen molar-refractivity contribution in [1.29, 1.82) is 0 Å². The second-order valence-corrected chi connectivity index (χ2v) is 21.3. The fourth-order valence-electron chi connectivity index (χ4n) is 8.44. The van der Waals surface area contributed by atoms with E-state index in [4.69, 9.17) is 24.3 Å². The topological polar surface area (TPSA) is 134 Å². The van der Waals surface area contributed by atoms with Gasteiger partial charge in [-0.25, -0.2) is 4.57 Å². The average molecular weight is 1020 g/mol. The highest BCUT2D eigenvalue weighted by atomic mass is 31.2. The monoisotopic (exact) mass is 1020 g/mol. The normalized spacial score (nSPS) is 13.5. The van der Waals surface area contributed by atoms with Crippen molar-refractivity contribution in [3.05, 3.63) is 60.8 Å². The maximum absolute atomic E-state index is 12.7. The lowest BCUT2D eigenvalue weighted by atomic mass is 10.0. The third kappa shape index (κ3) is 56.9. The molecule has 0 saturated carbocycles. The molecule has 0 spiro atoms. The van der Waals surface area contributed by atoms with E-state index in [1.165, 1.54) is 180 Å². The Morgan fingerprint density at radius 3 is 1.11 bits per heavy atom. The molecule has 2 unspecified atom stereocenters. The Hall–Kier alpha value is -2.29. The van der Waals surface area contributed by atoms with E-state index in [0.29, 0.717) is 6.42 Å². The first-order chi connectivity index (χ1) is 34.8. The predicted molar refractivity (Wildman–Crippen MR) is 303 cm³/mol. The minimum absolute atomic E-state index is 0.0517. The van der Waals surface area contributed by atoms with Gasteiger partial charge >= 0.3 is 19.8 Å². The molecule has 0 aliphatic carbocycles. The summed E-state index contributed by atoms with van der Waals surface area (Å²) in [5.74, 6) is -0.828. The lowest BCUT2D eigenvalue weighted by Crippen LogP contribution is -2.29. The number of carbonyl (C=O) groups is 2. The standard InChI is InChI=1S/C61H112NO8P/c1-3-5-7-9-11-13-15-17-19-21-22-23-24-25-26-27-28-29-30-31-32-33-34-35-36-38-40-42-44-46-48-50-52-54-61(64)70-59(58-69-71(65,66)68-56-55-62)57-67-60(63)53-51-49-47-45-43-41-39-37-20-18-16-14-12-10-8-6-4-2/h12,14-15,17-18,20-22,24-25,59H,3-11,13,16,19,23,26-58,62H2,1-2H3,(H,65,66)/b14-12-,17-15-,20-18-,22-21-,25-24-. The van der Waals surface area contributed by atoms with Crippen molar-refractivity contribution in [3.8, 4) is 0 Å². The second kappa shape index (κ2) is 57.0. The van der Waals surface area contributed by atoms with Crippen molar-refractivity contribution in [2.24, 2.45) is 5.73 Å². The molecule has 0 aromatic heterocycles. The zero-order chi connectivity index (χ0) is 51.7. The first-order valence-electron chi connectivity index (χ1n) is 29.8. The number of phosphoric acid groups is 1. The highest BCUT2D eigenvalue weighted by Gasteiger charge is 2.26. The SMILES string of the molecule is CCCCC/C=C\C/C=C\CCCCCCCCCC(=O)OCC(COP(=O)(O)OCCN)OC(=O)CCCCCCCCCCCCCCCCCCCC/C=C\C/C=C\C/C=C\CCCCCCC. The van der Waals surface area contributed by atoms with E-state index in [1.807, 2.05) is 0 Å². The summed E-state index contributed by atoms with van der Waals surface area (Å²) in [7, 11) is -4.39. The summed E-state index contributed by atoms with van der Waals surface area (Å²) < 4.78 is 33.0. The lowest BCUT2D eigenvalue weighted by Gasteiger charge is -2.19. The lowest BCUT2D eigenvalue weighted by molar-refractivity contribution is -0.161. The van der Waals surface area contributed by atoms with Crippen LogP contribution in [0.3, 0.4) is 0 Å². The molecule has 0 aromatic carbocycles. The number of carbonyl (C=O) groups excluding carboxylic acids is 2. The molecule has 0 bridgehead atoms.